The second kappa shape index (κ2) is 5.17. The van der Waals surface area contributed by atoms with E-state index in [0.717, 1.165) is 23.1 Å². The van der Waals surface area contributed by atoms with E-state index < -0.39 is 0 Å². The molecule has 1 atom stereocenters. The molecule has 3 heteroatoms. The van der Waals surface area contributed by atoms with Crippen molar-refractivity contribution in [3.63, 3.8) is 0 Å². The zero-order valence-electron chi connectivity index (χ0n) is 14.7. The summed E-state index contributed by atoms with van der Waals surface area (Å²) in [5.74, 6) is 2.61. The van der Waals surface area contributed by atoms with Crippen LogP contribution in [0.2, 0.25) is 0 Å². The van der Waals surface area contributed by atoms with Crippen LogP contribution in [0.5, 0.6) is 0 Å². The van der Waals surface area contributed by atoms with Crippen LogP contribution in [0.3, 0.4) is 0 Å². The fourth-order valence-corrected chi connectivity index (χ4v) is 6.81. The second-order valence-electron chi connectivity index (χ2n) is 8.84. The normalized spacial score (nSPS) is 32.4. The summed E-state index contributed by atoms with van der Waals surface area (Å²) < 4.78 is 1.31. The maximum Gasteiger partial charge on any atom is 0.173 e. The highest BCUT2D eigenvalue weighted by molar-refractivity contribution is 7.20. The average Bonchev–Trinajstić information content (AvgIpc) is 3.56. The van der Waals surface area contributed by atoms with Crippen molar-refractivity contribution < 1.29 is 4.79 Å². The van der Waals surface area contributed by atoms with E-state index in [0.29, 0.717) is 17.2 Å². The largest absolute Gasteiger partial charge is 0.297 e. The molecule has 0 N–H and O–H groups in total. The lowest BCUT2D eigenvalue weighted by molar-refractivity contribution is -0.0273. The van der Waals surface area contributed by atoms with Gasteiger partial charge in [0.15, 0.2) is 5.78 Å². The third kappa shape index (κ3) is 2.28. The lowest BCUT2D eigenvalue weighted by atomic mass is 9.70. The Hall–Kier alpha value is -1.19. The molecule has 4 heterocycles. The van der Waals surface area contributed by atoms with Crippen LogP contribution in [-0.4, -0.2) is 29.3 Å². The van der Waals surface area contributed by atoms with Crippen molar-refractivity contribution in [3.8, 4) is 0 Å². The number of carbonyl (C=O) groups is 1. The Morgan fingerprint density at radius 1 is 1.12 bits per heavy atom. The molecular weight excluding hydrogens is 326 g/mol. The monoisotopic (exact) mass is 351 g/mol. The highest BCUT2D eigenvalue weighted by Gasteiger charge is 2.60. The van der Waals surface area contributed by atoms with Crippen molar-refractivity contribution in [1.29, 1.82) is 0 Å². The molecule has 2 aliphatic carbocycles. The molecule has 5 aliphatic rings. The van der Waals surface area contributed by atoms with E-state index >= 15 is 0 Å². The van der Waals surface area contributed by atoms with Crippen molar-refractivity contribution in [2.45, 2.75) is 56.4 Å². The molecule has 1 spiro atoms. The summed E-state index contributed by atoms with van der Waals surface area (Å²) in [4.78, 5) is 16.8. The number of ketones is 1. The third-order valence-corrected chi connectivity index (χ3v) is 8.60. The Kier molecular flexibility index (Phi) is 3.09. The van der Waals surface area contributed by atoms with Crippen molar-refractivity contribution in [2.24, 2.45) is 11.8 Å². The maximum atomic E-state index is 13.1. The number of hydrogen-bond donors (Lipinski definition) is 0. The summed E-state index contributed by atoms with van der Waals surface area (Å²) >= 11 is 1.73. The van der Waals surface area contributed by atoms with Crippen molar-refractivity contribution in [3.05, 3.63) is 34.7 Å². The van der Waals surface area contributed by atoms with Crippen LogP contribution in [0.4, 0.5) is 0 Å². The van der Waals surface area contributed by atoms with Gasteiger partial charge in [-0.3, -0.25) is 9.69 Å². The van der Waals surface area contributed by atoms with Gasteiger partial charge in [0.05, 0.1) is 4.88 Å². The molecular formula is C22H25NOS. The lowest BCUT2D eigenvalue weighted by Gasteiger charge is -2.52. The molecule has 5 fully saturated rings. The molecule has 1 aromatic carbocycles. The van der Waals surface area contributed by atoms with E-state index in [2.05, 4.69) is 29.2 Å². The predicted molar refractivity (Wildman–Crippen MR) is 102 cm³/mol. The minimum Gasteiger partial charge on any atom is -0.297 e. The van der Waals surface area contributed by atoms with E-state index in [9.17, 15) is 4.79 Å². The maximum absolute atomic E-state index is 13.1. The first kappa shape index (κ1) is 14.9. The number of rotatable bonds is 4. The van der Waals surface area contributed by atoms with Crippen LogP contribution >= 0.6 is 11.3 Å². The standard InChI is InChI=1S/C22H25NOS/c24-19(13-18-15-5-9-23(10-6-15)22(18)7-8-22)21-12-17-4-3-16(14-1-2-14)11-20(17)25-21/h3-4,11-12,14-15,18H,1-2,5-10,13H2. The molecule has 2 bridgehead atoms. The number of carbonyl (C=O) groups excluding carboxylic acids is 1. The molecule has 7 rings (SSSR count). The summed E-state index contributed by atoms with van der Waals surface area (Å²) in [6, 6.07) is 8.99. The zero-order valence-corrected chi connectivity index (χ0v) is 15.5. The van der Waals surface area contributed by atoms with Gasteiger partial charge in [-0.15, -0.1) is 11.3 Å². The quantitative estimate of drug-likeness (QED) is 0.703. The Balaban J connectivity index is 1.27. The molecule has 2 nitrogen and oxygen atoms in total. The Bertz CT molecular complexity index is 852. The van der Waals surface area contributed by atoms with E-state index in [1.165, 1.54) is 67.3 Å². The summed E-state index contributed by atoms with van der Waals surface area (Å²) in [5, 5.41) is 1.26. The van der Waals surface area contributed by atoms with Gasteiger partial charge in [-0.1, -0.05) is 12.1 Å². The molecule has 3 saturated heterocycles. The van der Waals surface area contributed by atoms with E-state index in [1.807, 2.05) is 0 Å². The first-order valence-electron chi connectivity index (χ1n) is 10.0. The molecule has 2 saturated carbocycles. The third-order valence-electron chi connectivity index (χ3n) is 7.46. The Labute approximate surface area is 153 Å². The predicted octanol–water partition coefficient (Wildman–Crippen LogP) is 5.23. The first-order chi connectivity index (χ1) is 12.2. The average molecular weight is 352 g/mol. The fraction of sp³-hybridized carbons (Fsp3) is 0.591. The molecule has 25 heavy (non-hydrogen) atoms. The number of piperidine rings is 3. The van der Waals surface area contributed by atoms with Crippen molar-refractivity contribution in [1.82, 2.24) is 4.90 Å². The topological polar surface area (TPSA) is 20.3 Å². The summed E-state index contributed by atoms with van der Waals surface area (Å²) in [6.45, 7) is 2.56. The first-order valence-corrected chi connectivity index (χ1v) is 10.9. The van der Waals surface area contributed by atoms with E-state index in [-0.39, 0.29) is 0 Å². The zero-order chi connectivity index (χ0) is 16.6. The number of fused-ring (bicyclic) bond motifs is 3. The van der Waals surface area contributed by atoms with Gasteiger partial charge in [0, 0.05) is 16.7 Å². The van der Waals surface area contributed by atoms with Gasteiger partial charge >= 0.3 is 0 Å². The van der Waals surface area contributed by atoms with E-state index in [4.69, 9.17) is 0 Å². The number of nitrogens with zero attached hydrogens (tertiary/aromatic N) is 1. The molecule has 0 radical (unpaired) electrons. The second-order valence-corrected chi connectivity index (χ2v) is 9.93. The van der Waals surface area contributed by atoms with Gasteiger partial charge in [0.1, 0.15) is 0 Å². The summed E-state index contributed by atoms with van der Waals surface area (Å²) in [7, 11) is 0. The molecule has 0 amide bonds. The molecule has 1 aromatic heterocycles. The molecule has 1 unspecified atom stereocenters. The van der Waals surface area contributed by atoms with Gasteiger partial charge in [0.25, 0.3) is 0 Å². The minimum atomic E-state index is 0.402. The SMILES string of the molecule is O=C(CC1C2CCN(CC2)C12CC2)c1cc2ccc(C3CC3)cc2s1. The van der Waals surface area contributed by atoms with Crippen molar-refractivity contribution >= 4 is 27.2 Å². The van der Waals surface area contributed by atoms with Crippen LogP contribution in [0.1, 0.15) is 66.1 Å². The molecule has 130 valence electrons. The smallest absolute Gasteiger partial charge is 0.173 e. The van der Waals surface area contributed by atoms with Gasteiger partial charge in [-0.2, -0.15) is 0 Å². The number of thiophene rings is 1. The highest BCUT2D eigenvalue weighted by atomic mass is 32.1. The van der Waals surface area contributed by atoms with Crippen LogP contribution in [0.15, 0.2) is 24.3 Å². The van der Waals surface area contributed by atoms with Gasteiger partial charge in [-0.05, 0) is 92.5 Å². The Morgan fingerprint density at radius 3 is 2.64 bits per heavy atom. The molecule has 2 aromatic rings. The van der Waals surface area contributed by atoms with Gasteiger partial charge in [0.2, 0.25) is 0 Å². The fourth-order valence-electron chi connectivity index (χ4n) is 5.75. The van der Waals surface area contributed by atoms with Gasteiger partial charge < -0.3 is 0 Å². The van der Waals surface area contributed by atoms with Crippen molar-refractivity contribution in [2.75, 3.05) is 13.1 Å². The van der Waals surface area contributed by atoms with Crippen LogP contribution in [0, 0.1) is 11.8 Å². The summed E-state index contributed by atoms with van der Waals surface area (Å²) in [6.07, 6.45) is 8.75. The number of hydrogen-bond acceptors (Lipinski definition) is 3. The minimum absolute atomic E-state index is 0.402. The van der Waals surface area contributed by atoms with Crippen LogP contribution in [0.25, 0.3) is 10.1 Å². The highest BCUT2D eigenvalue weighted by Crippen LogP contribution is 2.58. The number of Topliss-reactive ketones (excluding diaryl/α,β-unsaturated/α-hetero) is 1. The van der Waals surface area contributed by atoms with E-state index in [1.54, 1.807) is 11.3 Å². The van der Waals surface area contributed by atoms with Crippen LogP contribution in [-0.2, 0) is 0 Å². The lowest BCUT2D eigenvalue weighted by Crippen LogP contribution is -2.57. The number of benzene rings is 1. The summed E-state index contributed by atoms with van der Waals surface area (Å²) in [5.41, 5.74) is 1.90. The van der Waals surface area contributed by atoms with Crippen LogP contribution < -0.4 is 0 Å². The van der Waals surface area contributed by atoms with Gasteiger partial charge in [-0.25, -0.2) is 0 Å². The molecule has 3 aliphatic heterocycles. The Morgan fingerprint density at radius 2 is 1.92 bits per heavy atom.